The largest absolute Gasteiger partial charge is 0.481 e. The molecule has 1 amide bonds. The number of ether oxygens (including phenoxy) is 1. The van der Waals surface area contributed by atoms with Crippen molar-refractivity contribution in [3.63, 3.8) is 0 Å². The van der Waals surface area contributed by atoms with E-state index < -0.39 is 17.8 Å². The van der Waals surface area contributed by atoms with Crippen molar-refractivity contribution < 1.29 is 22.7 Å². The van der Waals surface area contributed by atoms with E-state index in [0.29, 0.717) is 0 Å². The van der Waals surface area contributed by atoms with E-state index in [1.807, 2.05) is 6.08 Å². The molecule has 178 valence electrons. The van der Waals surface area contributed by atoms with Crippen LogP contribution in [0.1, 0.15) is 36.4 Å². The molecule has 0 aromatic heterocycles. The van der Waals surface area contributed by atoms with Crippen molar-refractivity contribution in [1.29, 1.82) is 0 Å². The van der Waals surface area contributed by atoms with Gasteiger partial charge in [-0.15, -0.1) is 0 Å². The minimum absolute atomic E-state index is 0.0136. The van der Waals surface area contributed by atoms with Crippen LogP contribution in [0.25, 0.3) is 6.08 Å². The van der Waals surface area contributed by atoms with E-state index in [-0.39, 0.29) is 29.9 Å². The Hall–Kier alpha value is -3.87. The van der Waals surface area contributed by atoms with Crippen LogP contribution in [0.15, 0.2) is 83.5 Å². The van der Waals surface area contributed by atoms with Crippen LogP contribution >= 0.6 is 0 Å². The van der Waals surface area contributed by atoms with E-state index in [2.05, 4.69) is 0 Å². The Labute approximate surface area is 201 Å². The molecular formula is C28H23F3N2O2. The van der Waals surface area contributed by atoms with E-state index in [0.717, 1.165) is 41.7 Å². The first-order valence-corrected chi connectivity index (χ1v) is 11.5. The van der Waals surface area contributed by atoms with Crippen LogP contribution in [0.2, 0.25) is 0 Å². The third-order valence-corrected chi connectivity index (χ3v) is 6.37. The number of carbonyl (C=O) groups is 1. The second-order valence-electron chi connectivity index (χ2n) is 8.66. The number of carbonyl (C=O) groups excluding carboxylic acids is 1. The number of allylic oxidation sites excluding steroid dienone is 1. The van der Waals surface area contributed by atoms with Crippen LogP contribution in [-0.2, 0) is 4.79 Å². The van der Waals surface area contributed by atoms with Gasteiger partial charge in [-0.2, -0.15) is 5.10 Å². The van der Waals surface area contributed by atoms with Gasteiger partial charge in [-0.3, -0.25) is 4.79 Å². The zero-order valence-corrected chi connectivity index (χ0v) is 18.8. The van der Waals surface area contributed by atoms with Crippen molar-refractivity contribution in [3.8, 4) is 5.75 Å². The van der Waals surface area contributed by atoms with Crippen molar-refractivity contribution >= 4 is 17.7 Å². The number of benzene rings is 3. The molecule has 5 rings (SSSR count). The van der Waals surface area contributed by atoms with Gasteiger partial charge in [-0.25, -0.2) is 18.2 Å². The van der Waals surface area contributed by atoms with Gasteiger partial charge in [-0.1, -0.05) is 36.4 Å². The summed E-state index contributed by atoms with van der Waals surface area (Å²) in [7, 11) is 0. The van der Waals surface area contributed by atoms with Gasteiger partial charge < -0.3 is 4.74 Å². The van der Waals surface area contributed by atoms with E-state index in [1.165, 1.54) is 41.4 Å². The fraction of sp³-hybridized carbons (Fsp3) is 0.214. The predicted molar refractivity (Wildman–Crippen MR) is 127 cm³/mol. The zero-order chi connectivity index (χ0) is 24.4. The Kier molecular flexibility index (Phi) is 6.40. The number of halogens is 3. The number of nitrogens with zero attached hydrogens (tertiary/aromatic N) is 2. The van der Waals surface area contributed by atoms with Crippen LogP contribution in [-0.4, -0.2) is 23.2 Å². The van der Waals surface area contributed by atoms with Crippen LogP contribution in [0.4, 0.5) is 13.2 Å². The van der Waals surface area contributed by atoms with E-state index in [4.69, 9.17) is 9.84 Å². The number of hydrogen-bond acceptors (Lipinski definition) is 3. The highest BCUT2D eigenvalue weighted by Crippen LogP contribution is 2.44. The minimum Gasteiger partial charge on any atom is -0.481 e. The maximum Gasteiger partial charge on any atom is 0.281 e. The van der Waals surface area contributed by atoms with E-state index in [9.17, 15) is 18.0 Å². The second-order valence-corrected chi connectivity index (χ2v) is 8.66. The number of hydrogen-bond donors (Lipinski definition) is 0. The fourth-order valence-corrected chi connectivity index (χ4v) is 4.73. The fourth-order valence-electron chi connectivity index (χ4n) is 4.73. The third kappa shape index (κ3) is 4.85. The molecule has 2 aliphatic rings. The first kappa shape index (κ1) is 22.9. The lowest BCUT2D eigenvalue weighted by atomic mass is 9.77. The lowest BCUT2D eigenvalue weighted by Crippen LogP contribution is -2.34. The quantitative estimate of drug-likeness (QED) is 0.433. The van der Waals surface area contributed by atoms with Crippen molar-refractivity contribution in [1.82, 2.24) is 5.01 Å². The van der Waals surface area contributed by atoms with Crippen molar-refractivity contribution in [2.45, 2.75) is 25.3 Å². The van der Waals surface area contributed by atoms with E-state index >= 15 is 0 Å². The van der Waals surface area contributed by atoms with Gasteiger partial charge in [0.2, 0.25) is 0 Å². The molecule has 1 saturated carbocycles. The lowest BCUT2D eigenvalue weighted by Gasteiger charge is -2.29. The van der Waals surface area contributed by atoms with Gasteiger partial charge in [0, 0.05) is 5.92 Å². The average Bonchev–Trinajstić information content (AvgIpc) is 3.26. The third-order valence-electron chi connectivity index (χ3n) is 6.37. The van der Waals surface area contributed by atoms with Crippen LogP contribution in [0.3, 0.4) is 0 Å². The Morgan fingerprint density at radius 3 is 2.37 bits per heavy atom. The number of hydrazone groups is 1. The molecule has 1 aliphatic heterocycles. The van der Waals surface area contributed by atoms with Crippen molar-refractivity contribution in [3.05, 3.63) is 107 Å². The van der Waals surface area contributed by atoms with Crippen molar-refractivity contribution in [2.75, 3.05) is 6.61 Å². The van der Waals surface area contributed by atoms with E-state index in [1.54, 1.807) is 36.4 Å². The first-order chi connectivity index (χ1) is 17.0. The number of fused-ring (bicyclic) bond motifs is 1. The smallest absolute Gasteiger partial charge is 0.281 e. The summed E-state index contributed by atoms with van der Waals surface area (Å²) in [5, 5.41) is 6.10. The zero-order valence-electron chi connectivity index (χ0n) is 18.8. The van der Waals surface area contributed by atoms with Gasteiger partial charge >= 0.3 is 0 Å². The topological polar surface area (TPSA) is 41.9 Å². The van der Waals surface area contributed by atoms with Gasteiger partial charge in [0.25, 0.3) is 5.91 Å². The molecule has 0 radical (unpaired) electrons. The minimum atomic E-state index is -0.554. The summed E-state index contributed by atoms with van der Waals surface area (Å²) in [4.78, 5) is 13.3. The highest BCUT2D eigenvalue weighted by Gasteiger charge is 2.43. The molecule has 2 atom stereocenters. The second kappa shape index (κ2) is 9.78. The molecule has 3 aromatic carbocycles. The van der Waals surface area contributed by atoms with Crippen LogP contribution < -0.4 is 4.74 Å². The maximum atomic E-state index is 14.0. The highest BCUT2D eigenvalue weighted by atomic mass is 19.1. The molecular weight excluding hydrogens is 453 g/mol. The number of rotatable bonds is 5. The summed E-state index contributed by atoms with van der Waals surface area (Å²) >= 11 is 0. The SMILES string of the molecule is O=C(COc1ccccc1F)N1N=C2/C(=C\c3ccc(F)cc3)CCC[C@H]2[C@@H]1c1ccc(F)cc1. The molecule has 0 spiro atoms. The monoisotopic (exact) mass is 476 g/mol. The summed E-state index contributed by atoms with van der Waals surface area (Å²) in [6, 6.07) is 17.7. The Morgan fingerprint density at radius 2 is 1.66 bits per heavy atom. The molecule has 1 aliphatic carbocycles. The molecule has 1 fully saturated rings. The highest BCUT2D eigenvalue weighted by molar-refractivity contribution is 6.08. The summed E-state index contributed by atoms with van der Waals surface area (Å²) in [6.45, 7) is -0.390. The molecule has 0 unspecified atom stereocenters. The summed E-state index contributed by atoms with van der Waals surface area (Å²) < 4.78 is 46.4. The normalized spacial score (nSPS) is 20.5. The van der Waals surface area contributed by atoms with Gasteiger partial charge in [0.1, 0.15) is 11.6 Å². The van der Waals surface area contributed by atoms with Gasteiger partial charge in [-0.05, 0) is 78.4 Å². The molecule has 1 heterocycles. The number of amides is 1. The summed E-state index contributed by atoms with van der Waals surface area (Å²) in [5.74, 6) is -1.75. The molecule has 7 heteroatoms. The Bertz CT molecular complexity index is 1290. The van der Waals surface area contributed by atoms with Crippen LogP contribution in [0.5, 0.6) is 5.75 Å². The lowest BCUT2D eigenvalue weighted by molar-refractivity contribution is -0.135. The van der Waals surface area contributed by atoms with Crippen LogP contribution in [0, 0.1) is 23.4 Å². The first-order valence-electron chi connectivity index (χ1n) is 11.5. The standard InChI is InChI=1S/C28H23F3N2O2/c29-21-12-8-18(9-13-21)16-20-4-3-5-23-27(20)32-33(28(23)19-10-14-22(30)15-11-19)26(34)17-35-25-7-2-1-6-24(25)31/h1-2,6-16,23,28H,3-5,17H2/b20-16-/t23-,28+/m1/s1. The number of para-hydroxylation sites is 1. The molecule has 0 bridgehead atoms. The van der Waals surface area contributed by atoms with Crippen molar-refractivity contribution in [2.24, 2.45) is 11.0 Å². The molecule has 35 heavy (non-hydrogen) atoms. The summed E-state index contributed by atoms with van der Waals surface area (Å²) in [5.41, 5.74) is 3.37. The molecule has 3 aromatic rings. The predicted octanol–water partition coefficient (Wildman–Crippen LogP) is 6.31. The van der Waals surface area contributed by atoms with Gasteiger partial charge in [0.15, 0.2) is 18.2 Å². The Balaban J connectivity index is 1.47. The Morgan fingerprint density at radius 1 is 0.971 bits per heavy atom. The molecule has 0 saturated heterocycles. The summed E-state index contributed by atoms with van der Waals surface area (Å²) in [6.07, 6.45) is 4.44. The molecule has 4 nitrogen and oxygen atoms in total. The maximum absolute atomic E-state index is 14.0. The average molecular weight is 476 g/mol. The molecule has 0 N–H and O–H groups in total. The van der Waals surface area contributed by atoms with Gasteiger partial charge in [0.05, 0.1) is 11.8 Å².